The highest BCUT2D eigenvalue weighted by Gasteiger charge is 2.08. The van der Waals surface area contributed by atoms with Crippen molar-refractivity contribution in [2.75, 3.05) is 19.5 Å². The summed E-state index contributed by atoms with van der Waals surface area (Å²) in [7, 11) is 0.615. The average molecular weight is 344 g/mol. The molecule has 1 unspecified atom stereocenters. The number of imidazole rings is 1. The van der Waals surface area contributed by atoms with Gasteiger partial charge in [-0.3, -0.25) is 4.21 Å². The predicted octanol–water partition coefficient (Wildman–Crippen LogP) is 2.98. The first-order chi connectivity index (χ1) is 11.7. The van der Waals surface area contributed by atoms with Gasteiger partial charge in [-0.15, -0.1) is 0 Å². The van der Waals surface area contributed by atoms with E-state index in [1.54, 1.807) is 7.11 Å². The molecule has 0 radical (unpaired) electrons. The summed E-state index contributed by atoms with van der Waals surface area (Å²) in [5.41, 5.74) is 2.86. The van der Waals surface area contributed by atoms with Gasteiger partial charge in [-0.05, 0) is 42.8 Å². The molecule has 3 rings (SSSR count). The molecular weight excluding hydrogens is 324 g/mol. The lowest BCUT2D eigenvalue weighted by Crippen LogP contribution is -2.10. The molecule has 3 aromatic rings. The van der Waals surface area contributed by atoms with Crippen molar-refractivity contribution in [2.45, 2.75) is 12.7 Å². The van der Waals surface area contributed by atoms with E-state index in [4.69, 9.17) is 9.47 Å². The summed E-state index contributed by atoms with van der Waals surface area (Å²) in [4.78, 5) is 4.55. The lowest BCUT2D eigenvalue weighted by molar-refractivity contribution is 0.341. The maximum Gasteiger partial charge on any atom is 0.139 e. The van der Waals surface area contributed by atoms with Gasteiger partial charge in [-0.25, -0.2) is 4.98 Å². The van der Waals surface area contributed by atoms with Gasteiger partial charge in [0.1, 0.15) is 17.1 Å². The minimum Gasteiger partial charge on any atom is -0.497 e. The largest absolute Gasteiger partial charge is 0.497 e. The molecule has 1 aromatic carbocycles. The van der Waals surface area contributed by atoms with Crippen LogP contribution in [0.3, 0.4) is 0 Å². The summed E-state index contributed by atoms with van der Waals surface area (Å²) < 4.78 is 24.9. The molecule has 0 spiro atoms. The van der Waals surface area contributed by atoms with Crippen molar-refractivity contribution in [1.82, 2.24) is 9.38 Å². The summed E-state index contributed by atoms with van der Waals surface area (Å²) >= 11 is 0. The van der Waals surface area contributed by atoms with E-state index in [1.165, 1.54) is 0 Å². The number of fused-ring (bicyclic) bond motifs is 1. The van der Waals surface area contributed by atoms with Gasteiger partial charge >= 0.3 is 0 Å². The third-order valence-corrected chi connectivity index (χ3v) is 4.92. The van der Waals surface area contributed by atoms with Crippen molar-refractivity contribution in [1.29, 1.82) is 0 Å². The zero-order valence-corrected chi connectivity index (χ0v) is 14.6. The molecule has 0 amide bonds. The van der Waals surface area contributed by atoms with Gasteiger partial charge in [0.25, 0.3) is 0 Å². The van der Waals surface area contributed by atoms with E-state index in [-0.39, 0.29) is 0 Å². The van der Waals surface area contributed by atoms with Crippen LogP contribution in [0.4, 0.5) is 0 Å². The Bertz CT molecular complexity index is 843. The van der Waals surface area contributed by atoms with Crippen molar-refractivity contribution < 1.29 is 13.7 Å². The average Bonchev–Trinajstić information content (AvgIpc) is 2.99. The normalized spacial score (nSPS) is 12.2. The van der Waals surface area contributed by atoms with Crippen LogP contribution in [0.25, 0.3) is 5.65 Å². The number of methoxy groups -OCH3 is 1. The summed E-state index contributed by atoms with van der Waals surface area (Å²) in [6.45, 7) is 2.43. The number of benzene rings is 1. The Labute approximate surface area is 143 Å². The zero-order chi connectivity index (χ0) is 16.9. The standard InChI is InChI=1S/C18H20N2O3S/c1-14-4-3-9-20-12-15(19-18(14)20)13-24(21)11-10-23-17-7-5-16(22-2)6-8-17/h3-9,12H,10-11,13H2,1-2H3. The monoisotopic (exact) mass is 344 g/mol. The first-order valence-corrected chi connectivity index (χ1v) is 9.19. The van der Waals surface area contributed by atoms with Gasteiger partial charge in [-0.2, -0.15) is 0 Å². The minimum atomic E-state index is -1.01. The van der Waals surface area contributed by atoms with Gasteiger partial charge in [0.15, 0.2) is 0 Å². The molecule has 0 saturated carbocycles. The van der Waals surface area contributed by atoms with Crippen LogP contribution in [-0.4, -0.2) is 33.1 Å². The fraction of sp³-hybridized carbons (Fsp3) is 0.278. The molecule has 0 N–H and O–H groups in total. The number of hydrogen-bond donors (Lipinski definition) is 0. The van der Waals surface area contributed by atoms with E-state index in [0.29, 0.717) is 18.1 Å². The second-order valence-electron chi connectivity index (χ2n) is 5.47. The number of pyridine rings is 1. The predicted molar refractivity (Wildman–Crippen MR) is 95.1 cm³/mol. The first kappa shape index (κ1) is 16.5. The molecule has 0 saturated heterocycles. The highest BCUT2D eigenvalue weighted by atomic mass is 32.2. The minimum absolute atomic E-state index is 0.408. The van der Waals surface area contributed by atoms with Crippen LogP contribution in [0.1, 0.15) is 11.3 Å². The van der Waals surface area contributed by atoms with Gasteiger partial charge in [-0.1, -0.05) is 6.07 Å². The molecule has 1 atom stereocenters. The second-order valence-corrected chi connectivity index (χ2v) is 7.04. The van der Waals surface area contributed by atoms with Crippen molar-refractivity contribution >= 4 is 16.4 Å². The highest BCUT2D eigenvalue weighted by molar-refractivity contribution is 7.84. The number of nitrogens with zero attached hydrogens (tertiary/aromatic N) is 2. The Morgan fingerprint density at radius 3 is 2.62 bits per heavy atom. The van der Waals surface area contributed by atoms with Gasteiger partial charge < -0.3 is 13.9 Å². The number of rotatable bonds is 7. The van der Waals surface area contributed by atoms with E-state index < -0.39 is 10.8 Å². The lowest BCUT2D eigenvalue weighted by atomic mass is 10.3. The van der Waals surface area contributed by atoms with Crippen LogP contribution < -0.4 is 9.47 Å². The molecule has 0 fully saturated rings. The topological polar surface area (TPSA) is 52.8 Å². The fourth-order valence-corrected chi connectivity index (χ4v) is 3.32. The Kier molecular flexibility index (Phi) is 5.15. The third-order valence-electron chi connectivity index (χ3n) is 3.68. The van der Waals surface area contributed by atoms with Gasteiger partial charge in [0.2, 0.25) is 0 Å². The SMILES string of the molecule is COc1ccc(OCCS(=O)Cc2cn3cccc(C)c3n2)cc1. The molecule has 24 heavy (non-hydrogen) atoms. The zero-order valence-electron chi connectivity index (χ0n) is 13.8. The summed E-state index contributed by atoms with van der Waals surface area (Å²) in [5.74, 6) is 2.44. The molecule has 0 aliphatic rings. The van der Waals surface area contributed by atoms with Crippen LogP contribution >= 0.6 is 0 Å². The van der Waals surface area contributed by atoms with Crippen LogP contribution in [0.2, 0.25) is 0 Å². The van der Waals surface area contributed by atoms with E-state index in [1.807, 2.05) is 60.1 Å². The van der Waals surface area contributed by atoms with Crippen LogP contribution in [0.15, 0.2) is 48.8 Å². The molecule has 126 valence electrons. The number of hydrogen-bond acceptors (Lipinski definition) is 4. The first-order valence-electron chi connectivity index (χ1n) is 7.71. The van der Waals surface area contributed by atoms with E-state index in [0.717, 1.165) is 28.4 Å². The fourth-order valence-electron chi connectivity index (χ4n) is 2.44. The van der Waals surface area contributed by atoms with Crippen molar-refractivity contribution in [3.05, 3.63) is 60.0 Å². The van der Waals surface area contributed by atoms with Crippen LogP contribution in [-0.2, 0) is 16.6 Å². The number of aryl methyl sites for hydroxylation is 1. The Balaban J connectivity index is 1.52. The molecule has 5 nitrogen and oxygen atoms in total. The molecule has 2 aromatic heterocycles. The lowest BCUT2D eigenvalue weighted by Gasteiger charge is -2.06. The molecule has 2 heterocycles. The van der Waals surface area contributed by atoms with Gasteiger partial charge in [0.05, 0.1) is 30.9 Å². The van der Waals surface area contributed by atoms with E-state index >= 15 is 0 Å². The molecule has 0 aliphatic carbocycles. The Hall–Kier alpha value is -2.34. The van der Waals surface area contributed by atoms with Crippen LogP contribution in [0, 0.1) is 6.92 Å². The van der Waals surface area contributed by atoms with Crippen molar-refractivity contribution in [3.63, 3.8) is 0 Å². The summed E-state index contributed by atoms with van der Waals surface area (Å²) in [6, 6.07) is 11.4. The molecular formula is C18H20N2O3S. The highest BCUT2D eigenvalue weighted by Crippen LogP contribution is 2.17. The van der Waals surface area contributed by atoms with Gasteiger partial charge in [0, 0.05) is 23.2 Å². The third kappa shape index (κ3) is 3.94. The smallest absolute Gasteiger partial charge is 0.139 e. The second kappa shape index (κ2) is 7.49. The molecule has 0 aliphatic heterocycles. The van der Waals surface area contributed by atoms with E-state index in [9.17, 15) is 4.21 Å². The summed E-state index contributed by atoms with van der Waals surface area (Å²) in [5, 5.41) is 0. The Morgan fingerprint density at radius 1 is 1.17 bits per heavy atom. The maximum atomic E-state index is 12.2. The van der Waals surface area contributed by atoms with Crippen molar-refractivity contribution in [3.8, 4) is 11.5 Å². The molecule has 6 heteroatoms. The number of ether oxygens (including phenoxy) is 2. The maximum absolute atomic E-state index is 12.2. The quantitative estimate of drug-likeness (QED) is 0.661. The number of aromatic nitrogens is 2. The Morgan fingerprint density at radius 2 is 1.92 bits per heavy atom. The van der Waals surface area contributed by atoms with E-state index in [2.05, 4.69) is 4.98 Å². The molecule has 0 bridgehead atoms. The summed E-state index contributed by atoms with van der Waals surface area (Å²) in [6.07, 6.45) is 3.89. The van der Waals surface area contributed by atoms with Crippen LogP contribution in [0.5, 0.6) is 11.5 Å². The van der Waals surface area contributed by atoms with Crippen molar-refractivity contribution in [2.24, 2.45) is 0 Å².